The molecule has 3 nitrogen and oxygen atoms in total. The number of nitrogens with one attached hydrogen (secondary N) is 1. The zero-order valence-corrected chi connectivity index (χ0v) is 13.3. The zero-order valence-electron chi connectivity index (χ0n) is 13.3. The molecule has 21 heavy (non-hydrogen) atoms. The van der Waals surface area contributed by atoms with Crippen LogP contribution >= 0.6 is 0 Å². The van der Waals surface area contributed by atoms with E-state index in [9.17, 15) is 4.79 Å². The van der Waals surface area contributed by atoms with Crippen molar-refractivity contribution in [1.29, 1.82) is 0 Å². The first-order chi connectivity index (χ1) is 10.3. The molecule has 1 N–H and O–H groups in total. The topological polar surface area (TPSA) is 38.3 Å². The number of alkyl carbamates (subject to hydrolysis) is 1. The minimum absolute atomic E-state index is 0.235. The lowest BCUT2D eigenvalue weighted by molar-refractivity contribution is 0.137. The molecule has 2 aliphatic rings. The third-order valence-electron chi connectivity index (χ3n) is 4.80. The van der Waals surface area contributed by atoms with Crippen LogP contribution in [0.2, 0.25) is 0 Å². The van der Waals surface area contributed by atoms with Crippen LogP contribution in [0.1, 0.15) is 64.7 Å². The van der Waals surface area contributed by atoms with Crippen LogP contribution in [0.4, 0.5) is 4.79 Å². The lowest BCUT2D eigenvalue weighted by Crippen LogP contribution is -2.26. The molecule has 0 aromatic carbocycles. The van der Waals surface area contributed by atoms with E-state index in [0.717, 1.165) is 37.6 Å². The Hall–Kier alpha value is -1.17. The number of unbranched alkanes of at least 4 members (excludes halogenated alkanes) is 4. The monoisotopic (exact) mass is 291 g/mol. The first-order valence-corrected chi connectivity index (χ1v) is 8.69. The van der Waals surface area contributed by atoms with Crippen LogP contribution in [0.5, 0.6) is 0 Å². The van der Waals surface area contributed by atoms with E-state index in [-0.39, 0.29) is 6.09 Å². The van der Waals surface area contributed by atoms with Gasteiger partial charge in [-0.15, -0.1) is 11.8 Å². The number of carbonyl (C=O) groups is 1. The summed E-state index contributed by atoms with van der Waals surface area (Å²) in [7, 11) is 0. The number of ether oxygens (including phenoxy) is 1. The van der Waals surface area contributed by atoms with E-state index in [2.05, 4.69) is 24.1 Å². The lowest BCUT2D eigenvalue weighted by atomic mass is 10.1. The molecule has 1 amide bonds. The molecule has 0 aromatic heterocycles. The second-order valence-corrected chi connectivity index (χ2v) is 6.36. The van der Waals surface area contributed by atoms with Crippen LogP contribution < -0.4 is 5.32 Å². The second-order valence-electron chi connectivity index (χ2n) is 6.36. The van der Waals surface area contributed by atoms with Gasteiger partial charge in [0.05, 0.1) is 6.61 Å². The number of carbonyl (C=O) groups excluding carboxylic acids is 1. The summed E-state index contributed by atoms with van der Waals surface area (Å²) in [6, 6.07) is 0. The number of rotatable bonds is 8. The summed E-state index contributed by atoms with van der Waals surface area (Å²) in [5.41, 5.74) is 0. The smallest absolute Gasteiger partial charge is 0.407 e. The van der Waals surface area contributed by atoms with E-state index in [1.54, 1.807) is 0 Å². The van der Waals surface area contributed by atoms with Crippen LogP contribution in [0.25, 0.3) is 0 Å². The normalized spacial score (nSPS) is 26.6. The Morgan fingerprint density at radius 1 is 1.10 bits per heavy atom. The Bertz CT molecular complexity index is 364. The van der Waals surface area contributed by atoms with Crippen LogP contribution in [0.3, 0.4) is 0 Å². The molecule has 3 heteroatoms. The molecule has 2 atom stereocenters. The largest absolute Gasteiger partial charge is 0.449 e. The Morgan fingerprint density at radius 2 is 1.76 bits per heavy atom. The van der Waals surface area contributed by atoms with Crippen molar-refractivity contribution in [2.45, 2.75) is 64.7 Å². The predicted molar refractivity (Wildman–Crippen MR) is 84.8 cm³/mol. The second kappa shape index (κ2) is 8.97. The fourth-order valence-electron chi connectivity index (χ4n) is 3.42. The van der Waals surface area contributed by atoms with E-state index in [0.29, 0.717) is 12.5 Å². The highest BCUT2D eigenvalue weighted by atomic mass is 16.5. The summed E-state index contributed by atoms with van der Waals surface area (Å²) >= 11 is 0. The molecule has 0 heterocycles. The molecule has 0 spiro atoms. The van der Waals surface area contributed by atoms with Gasteiger partial charge in [-0.3, -0.25) is 0 Å². The molecule has 0 bridgehead atoms. The van der Waals surface area contributed by atoms with Gasteiger partial charge in [0.1, 0.15) is 0 Å². The predicted octanol–water partition coefficient (Wildman–Crippen LogP) is 4.12. The van der Waals surface area contributed by atoms with Crippen LogP contribution in [-0.4, -0.2) is 19.2 Å². The minimum Gasteiger partial charge on any atom is -0.449 e. The molecule has 0 aromatic rings. The van der Waals surface area contributed by atoms with Crippen molar-refractivity contribution in [3.05, 3.63) is 0 Å². The SMILES string of the molecule is CCCCCCCNC(=O)OCC1C2CCC#CCCC21. The molecule has 118 valence electrons. The zero-order chi connectivity index (χ0) is 14.9. The van der Waals surface area contributed by atoms with E-state index >= 15 is 0 Å². The highest BCUT2D eigenvalue weighted by Gasteiger charge is 2.49. The van der Waals surface area contributed by atoms with Crippen LogP contribution in [-0.2, 0) is 4.74 Å². The maximum absolute atomic E-state index is 11.6. The summed E-state index contributed by atoms with van der Waals surface area (Å²) < 4.78 is 5.38. The third kappa shape index (κ3) is 5.61. The van der Waals surface area contributed by atoms with Gasteiger partial charge in [-0.2, -0.15) is 0 Å². The third-order valence-corrected chi connectivity index (χ3v) is 4.80. The van der Waals surface area contributed by atoms with Gasteiger partial charge in [0.2, 0.25) is 0 Å². The van der Waals surface area contributed by atoms with Gasteiger partial charge in [0.15, 0.2) is 0 Å². The molecule has 2 unspecified atom stereocenters. The van der Waals surface area contributed by atoms with Crippen LogP contribution in [0.15, 0.2) is 0 Å². The Morgan fingerprint density at radius 3 is 2.43 bits per heavy atom. The first kappa shape index (κ1) is 16.2. The van der Waals surface area contributed by atoms with Crippen molar-refractivity contribution >= 4 is 6.09 Å². The maximum Gasteiger partial charge on any atom is 0.407 e. The summed E-state index contributed by atoms with van der Waals surface area (Å²) in [5.74, 6) is 8.50. The number of hydrogen-bond donors (Lipinski definition) is 1. The highest BCUT2D eigenvalue weighted by molar-refractivity contribution is 5.67. The molecular weight excluding hydrogens is 262 g/mol. The highest BCUT2D eigenvalue weighted by Crippen LogP contribution is 2.52. The fourth-order valence-corrected chi connectivity index (χ4v) is 3.42. The maximum atomic E-state index is 11.6. The van der Waals surface area contributed by atoms with Crippen molar-refractivity contribution in [1.82, 2.24) is 5.32 Å². The van der Waals surface area contributed by atoms with Crippen molar-refractivity contribution in [3.8, 4) is 11.8 Å². The molecule has 0 radical (unpaired) electrons. The molecule has 2 rings (SSSR count). The van der Waals surface area contributed by atoms with E-state index in [4.69, 9.17) is 4.74 Å². The van der Waals surface area contributed by atoms with Crippen molar-refractivity contribution in [3.63, 3.8) is 0 Å². The average molecular weight is 291 g/mol. The van der Waals surface area contributed by atoms with Gasteiger partial charge in [-0.25, -0.2) is 4.79 Å². The quantitative estimate of drug-likeness (QED) is 0.539. The van der Waals surface area contributed by atoms with E-state index in [1.807, 2.05) is 0 Å². The number of amides is 1. The van der Waals surface area contributed by atoms with Gasteiger partial charge in [0, 0.05) is 19.4 Å². The summed E-state index contributed by atoms with van der Waals surface area (Å²) in [6.07, 6.45) is 10.2. The molecule has 1 saturated carbocycles. The van der Waals surface area contributed by atoms with Gasteiger partial charge >= 0.3 is 6.09 Å². The number of fused-ring (bicyclic) bond motifs is 1. The van der Waals surface area contributed by atoms with Gasteiger partial charge in [-0.1, -0.05) is 32.6 Å². The summed E-state index contributed by atoms with van der Waals surface area (Å²) in [6.45, 7) is 3.55. The molecule has 2 aliphatic carbocycles. The molecule has 0 saturated heterocycles. The Balaban J connectivity index is 1.50. The van der Waals surface area contributed by atoms with Gasteiger partial charge in [0.25, 0.3) is 0 Å². The van der Waals surface area contributed by atoms with E-state index in [1.165, 1.54) is 38.5 Å². The summed E-state index contributed by atoms with van der Waals surface area (Å²) in [4.78, 5) is 11.6. The van der Waals surface area contributed by atoms with Crippen molar-refractivity contribution < 1.29 is 9.53 Å². The summed E-state index contributed by atoms with van der Waals surface area (Å²) in [5, 5.41) is 2.86. The lowest BCUT2D eigenvalue weighted by Gasteiger charge is -2.06. The minimum atomic E-state index is -0.235. The van der Waals surface area contributed by atoms with Gasteiger partial charge in [-0.05, 0) is 37.0 Å². The van der Waals surface area contributed by atoms with Gasteiger partial charge < -0.3 is 10.1 Å². The average Bonchev–Trinajstić information content (AvgIpc) is 3.10. The van der Waals surface area contributed by atoms with Crippen LogP contribution in [0, 0.1) is 29.6 Å². The standard InChI is InChI=1S/C18H29NO2/c1-2-3-4-7-10-13-19-18(20)21-14-17-15-11-8-5-6-9-12-16(15)17/h15-17H,2-4,7-14H2,1H3,(H,19,20). The Kier molecular flexibility index (Phi) is 6.92. The molecule has 0 aliphatic heterocycles. The van der Waals surface area contributed by atoms with E-state index < -0.39 is 0 Å². The molecule has 1 fully saturated rings. The number of hydrogen-bond acceptors (Lipinski definition) is 2. The fraction of sp³-hybridized carbons (Fsp3) is 0.833. The van der Waals surface area contributed by atoms with Crippen molar-refractivity contribution in [2.24, 2.45) is 17.8 Å². The van der Waals surface area contributed by atoms with Crippen molar-refractivity contribution in [2.75, 3.05) is 13.2 Å². The first-order valence-electron chi connectivity index (χ1n) is 8.69. The molecular formula is C18H29NO2. The Labute approximate surface area is 129 Å².